The molecule has 0 fully saturated rings. The number of fused-ring (bicyclic) bond motifs is 2. The van der Waals surface area contributed by atoms with Gasteiger partial charge in [-0.3, -0.25) is 4.79 Å². The zero-order chi connectivity index (χ0) is 26.2. The molecule has 4 aromatic rings. The number of carbonyl (C=O) groups excluding carboxylic acids is 2. The number of esters is 1. The third-order valence-corrected chi connectivity index (χ3v) is 6.27. The fourth-order valence-electron chi connectivity index (χ4n) is 4.38. The molecule has 2 aliphatic rings. The number of hydrogen-bond acceptors (Lipinski definition) is 4. The van der Waals surface area contributed by atoms with Crippen LogP contribution in [-0.4, -0.2) is 16.8 Å². The molecule has 0 saturated heterocycles. The average molecular weight is 493 g/mol. The first-order valence-electron chi connectivity index (χ1n) is 12.4. The van der Waals surface area contributed by atoms with Crippen molar-refractivity contribution >= 4 is 11.9 Å². The van der Waals surface area contributed by atoms with Crippen molar-refractivity contribution in [3.8, 4) is 0 Å². The van der Waals surface area contributed by atoms with Crippen molar-refractivity contribution in [1.82, 2.24) is 4.90 Å². The van der Waals surface area contributed by atoms with Crippen LogP contribution in [0.15, 0.2) is 97.1 Å². The van der Waals surface area contributed by atoms with Gasteiger partial charge in [-0.25, -0.2) is 4.79 Å². The van der Waals surface area contributed by atoms with Gasteiger partial charge >= 0.3 is 5.97 Å². The van der Waals surface area contributed by atoms with Gasteiger partial charge in [0.25, 0.3) is 5.91 Å². The SMILES string of the molecule is Cc1cccc(CN)c1.Cc1cccc(CN2Cc3ccccc3C2=O)c1.O=C1OCc2ccccc21. The molecular formula is C32H32N2O3. The molecule has 1 amide bonds. The van der Waals surface area contributed by atoms with Crippen molar-refractivity contribution in [3.05, 3.63) is 142 Å². The number of amides is 1. The van der Waals surface area contributed by atoms with Gasteiger partial charge in [0.1, 0.15) is 6.61 Å². The quantitative estimate of drug-likeness (QED) is 0.358. The lowest BCUT2D eigenvalue weighted by Crippen LogP contribution is -2.23. The van der Waals surface area contributed by atoms with E-state index in [1.165, 1.54) is 22.3 Å². The van der Waals surface area contributed by atoms with E-state index in [2.05, 4.69) is 44.2 Å². The Hall–Kier alpha value is -4.22. The Kier molecular flexibility index (Phi) is 8.49. The van der Waals surface area contributed by atoms with Gasteiger partial charge in [0.05, 0.1) is 5.56 Å². The molecule has 0 saturated carbocycles. The molecule has 0 radical (unpaired) electrons. The van der Waals surface area contributed by atoms with Crippen molar-refractivity contribution in [2.24, 2.45) is 5.73 Å². The van der Waals surface area contributed by atoms with Crippen LogP contribution < -0.4 is 5.73 Å². The normalized spacial score (nSPS) is 13.0. The minimum absolute atomic E-state index is 0.145. The third-order valence-electron chi connectivity index (χ3n) is 6.27. The highest BCUT2D eigenvalue weighted by molar-refractivity contribution is 5.98. The summed E-state index contributed by atoms with van der Waals surface area (Å²) in [6.07, 6.45) is 0. The molecule has 188 valence electrons. The molecule has 5 heteroatoms. The van der Waals surface area contributed by atoms with Gasteiger partial charge < -0.3 is 15.4 Å². The van der Waals surface area contributed by atoms with Crippen LogP contribution in [0.5, 0.6) is 0 Å². The first-order chi connectivity index (χ1) is 17.9. The van der Waals surface area contributed by atoms with Crippen LogP contribution >= 0.6 is 0 Å². The molecule has 5 nitrogen and oxygen atoms in total. The Labute approximate surface area is 218 Å². The number of nitrogens with two attached hydrogens (primary N) is 1. The van der Waals surface area contributed by atoms with Crippen molar-refractivity contribution < 1.29 is 14.3 Å². The summed E-state index contributed by atoms with van der Waals surface area (Å²) in [7, 11) is 0. The summed E-state index contributed by atoms with van der Waals surface area (Å²) >= 11 is 0. The van der Waals surface area contributed by atoms with E-state index >= 15 is 0 Å². The summed E-state index contributed by atoms with van der Waals surface area (Å²) < 4.78 is 4.78. The first-order valence-corrected chi connectivity index (χ1v) is 12.4. The van der Waals surface area contributed by atoms with Gasteiger partial charge in [0, 0.05) is 30.8 Å². The van der Waals surface area contributed by atoms with E-state index in [1.807, 2.05) is 65.6 Å². The molecule has 0 aromatic heterocycles. The number of nitrogens with zero attached hydrogens (tertiary/aromatic N) is 1. The maximum atomic E-state index is 12.2. The van der Waals surface area contributed by atoms with E-state index in [0.717, 1.165) is 23.2 Å². The summed E-state index contributed by atoms with van der Waals surface area (Å²) in [5.74, 6) is -0.0530. The molecule has 0 atom stereocenters. The zero-order valence-corrected chi connectivity index (χ0v) is 21.3. The Morgan fingerprint density at radius 2 is 1.32 bits per heavy atom. The van der Waals surface area contributed by atoms with Crippen molar-refractivity contribution in [2.75, 3.05) is 0 Å². The third kappa shape index (κ3) is 6.72. The van der Waals surface area contributed by atoms with Crippen LogP contribution in [-0.2, 0) is 31.0 Å². The minimum atomic E-state index is -0.199. The van der Waals surface area contributed by atoms with E-state index in [1.54, 1.807) is 6.07 Å². The molecule has 37 heavy (non-hydrogen) atoms. The number of aryl methyl sites for hydroxylation is 2. The van der Waals surface area contributed by atoms with Crippen molar-refractivity contribution in [1.29, 1.82) is 0 Å². The van der Waals surface area contributed by atoms with Crippen molar-refractivity contribution in [2.45, 2.75) is 40.1 Å². The van der Waals surface area contributed by atoms with Crippen LogP contribution in [0.25, 0.3) is 0 Å². The number of cyclic esters (lactones) is 1. The Morgan fingerprint density at radius 1 is 0.730 bits per heavy atom. The van der Waals surface area contributed by atoms with Gasteiger partial charge in [0.15, 0.2) is 0 Å². The molecule has 0 spiro atoms. The smallest absolute Gasteiger partial charge is 0.338 e. The van der Waals surface area contributed by atoms with Crippen LogP contribution in [0.2, 0.25) is 0 Å². The molecule has 4 aromatic carbocycles. The van der Waals surface area contributed by atoms with Gasteiger partial charge in [-0.2, -0.15) is 0 Å². The molecule has 0 bridgehead atoms. The Balaban J connectivity index is 0.000000143. The predicted octanol–water partition coefficient (Wildman–Crippen LogP) is 5.96. The summed E-state index contributed by atoms with van der Waals surface area (Å²) in [4.78, 5) is 25.0. The van der Waals surface area contributed by atoms with Gasteiger partial charge in [-0.15, -0.1) is 0 Å². The summed E-state index contributed by atoms with van der Waals surface area (Å²) in [6, 6.07) is 31.8. The molecule has 2 heterocycles. The van der Waals surface area contributed by atoms with E-state index in [9.17, 15) is 9.59 Å². The molecule has 0 aliphatic carbocycles. The number of rotatable bonds is 3. The number of hydrogen-bond donors (Lipinski definition) is 1. The highest BCUT2D eigenvalue weighted by Crippen LogP contribution is 2.24. The number of benzene rings is 4. The summed E-state index contributed by atoms with van der Waals surface area (Å²) in [5.41, 5.74) is 14.0. The highest BCUT2D eigenvalue weighted by Gasteiger charge is 2.26. The van der Waals surface area contributed by atoms with Crippen LogP contribution in [0.4, 0.5) is 0 Å². The molecule has 2 N–H and O–H groups in total. The van der Waals surface area contributed by atoms with Crippen molar-refractivity contribution in [3.63, 3.8) is 0 Å². The fraction of sp³-hybridized carbons (Fsp3) is 0.188. The first kappa shape index (κ1) is 25.9. The lowest BCUT2D eigenvalue weighted by atomic mass is 10.1. The second-order valence-electron chi connectivity index (χ2n) is 9.23. The predicted molar refractivity (Wildman–Crippen MR) is 146 cm³/mol. The maximum absolute atomic E-state index is 12.2. The summed E-state index contributed by atoms with van der Waals surface area (Å²) in [5, 5.41) is 0. The lowest BCUT2D eigenvalue weighted by Gasteiger charge is -2.15. The zero-order valence-electron chi connectivity index (χ0n) is 21.3. The molecule has 2 aliphatic heterocycles. The van der Waals surface area contributed by atoms with E-state index in [4.69, 9.17) is 10.5 Å². The maximum Gasteiger partial charge on any atom is 0.338 e. The average Bonchev–Trinajstić information content (AvgIpc) is 3.44. The second kappa shape index (κ2) is 12.2. The fourth-order valence-corrected chi connectivity index (χ4v) is 4.38. The molecule has 0 unspecified atom stereocenters. The highest BCUT2D eigenvalue weighted by atomic mass is 16.5. The molecule has 6 rings (SSSR count). The topological polar surface area (TPSA) is 72.6 Å². The van der Waals surface area contributed by atoms with Gasteiger partial charge in [-0.05, 0) is 42.7 Å². The second-order valence-corrected chi connectivity index (χ2v) is 9.23. The monoisotopic (exact) mass is 492 g/mol. The standard InChI is InChI=1S/C16H15NO.C8H11N.C8H6O2/c1-12-5-4-6-13(9-12)10-17-11-14-7-2-3-8-15(14)16(17)18;1-7-3-2-4-8(5-7)6-9;9-8-7-4-2-1-3-6(7)5-10-8/h2-9H,10-11H2,1H3;2-5H,6,9H2,1H3;1-4H,5H2. The van der Waals surface area contributed by atoms with Gasteiger partial charge in [0.2, 0.25) is 0 Å². The van der Waals surface area contributed by atoms with E-state index < -0.39 is 0 Å². The Morgan fingerprint density at radius 3 is 1.92 bits per heavy atom. The molecular weight excluding hydrogens is 460 g/mol. The number of carbonyl (C=O) groups is 2. The Bertz CT molecular complexity index is 1400. The van der Waals surface area contributed by atoms with Gasteiger partial charge in [-0.1, -0.05) is 96.1 Å². The van der Waals surface area contributed by atoms with E-state index in [0.29, 0.717) is 25.3 Å². The van der Waals surface area contributed by atoms with E-state index in [-0.39, 0.29) is 11.9 Å². The number of ether oxygens (including phenoxy) is 1. The lowest BCUT2D eigenvalue weighted by molar-refractivity contribution is 0.0535. The van der Waals surface area contributed by atoms with Crippen LogP contribution in [0.3, 0.4) is 0 Å². The van der Waals surface area contributed by atoms with Crippen LogP contribution in [0.1, 0.15) is 54.1 Å². The minimum Gasteiger partial charge on any atom is -0.457 e. The van der Waals surface area contributed by atoms with Crippen LogP contribution in [0, 0.1) is 13.8 Å². The largest absolute Gasteiger partial charge is 0.457 e. The summed E-state index contributed by atoms with van der Waals surface area (Å²) in [6.45, 7) is 6.64.